The Balaban J connectivity index is 1.95. The van der Waals surface area contributed by atoms with E-state index in [4.69, 9.17) is 10.5 Å². The van der Waals surface area contributed by atoms with Gasteiger partial charge in [0.15, 0.2) is 0 Å². The number of carbonyl (C=O) groups excluding carboxylic acids is 2. The second kappa shape index (κ2) is 9.92. The second-order valence-electron chi connectivity index (χ2n) is 8.76. The Morgan fingerprint density at radius 3 is 2.71 bits per heavy atom. The van der Waals surface area contributed by atoms with Crippen molar-refractivity contribution in [2.45, 2.75) is 84.0 Å². The SMILES string of the molecule is C[C@H](C[C@H]1CCCCCN1C(=O)OC(C)(C)C)NCc1cccc(C(N)=O)c1. The predicted octanol–water partition coefficient (Wildman–Crippen LogP) is 3.83. The normalized spacial score (nSPS) is 19.0. The summed E-state index contributed by atoms with van der Waals surface area (Å²) in [6.45, 7) is 9.26. The summed E-state index contributed by atoms with van der Waals surface area (Å²) in [5.41, 5.74) is 6.41. The minimum absolute atomic E-state index is 0.178. The molecule has 28 heavy (non-hydrogen) atoms. The van der Waals surface area contributed by atoms with E-state index in [9.17, 15) is 9.59 Å². The number of rotatable bonds is 6. The molecular formula is C22H35N3O3. The van der Waals surface area contributed by atoms with Crippen molar-refractivity contribution in [3.8, 4) is 0 Å². The highest BCUT2D eigenvalue weighted by molar-refractivity contribution is 5.92. The summed E-state index contributed by atoms with van der Waals surface area (Å²) in [4.78, 5) is 25.9. The molecule has 0 unspecified atom stereocenters. The fourth-order valence-corrected chi connectivity index (χ4v) is 3.60. The maximum absolute atomic E-state index is 12.7. The largest absolute Gasteiger partial charge is 0.444 e. The van der Waals surface area contributed by atoms with E-state index in [1.165, 1.54) is 0 Å². The highest BCUT2D eigenvalue weighted by Gasteiger charge is 2.30. The molecule has 1 fully saturated rings. The van der Waals surface area contributed by atoms with Gasteiger partial charge < -0.3 is 20.7 Å². The van der Waals surface area contributed by atoms with Gasteiger partial charge in [0.1, 0.15) is 5.60 Å². The molecule has 0 spiro atoms. The average molecular weight is 390 g/mol. The molecule has 1 heterocycles. The number of hydrogen-bond donors (Lipinski definition) is 2. The summed E-state index contributed by atoms with van der Waals surface area (Å²) in [6.07, 6.45) is 4.98. The lowest BCUT2D eigenvalue weighted by Crippen LogP contribution is -2.45. The Kier molecular flexibility index (Phi) is 7.87. The summed E-state index contributed by atoms with van der Waals surface area (Å²) in [5, 5.41) is 3.51. The zero-order chi connectivity index (χ0) is 20.7. The van der Waals surface area contributed by atoms with Crippen LogP contribution in [0, 0.1) is 0 Å². The molecule has 0 aromatic heterocycles. The van der Waals surface area contributed by atoms with E-state index in [1.807, 2.05) is 43.9 Å². The van der Waals surface area contributed by atoms with Crippen molar-refractivity contribution < 1.29 is 14.3 Å². The topological polar surface area (TPSA) is 84.7 Å². The van der Waals surface area contributed by atoms with Gasteiger partial charge in [-0.3, -0.25) is 4.79 Å². The van der Waals surface area contributed by atoms with Crippen LogP contribution in [0.5, 0.6) is 0 Å². The predicted molar refractivity (Wildman–Crippen MR) is 111 cm³/mol. The minimum atomic E-state index is -0.483. The third kappa shape index (κ3) is 7.15. The third-order valence-corrected chi connectivity index (χ3v) is 5.00. The highest BCUT2D eigenvalue weighted by atomic mass is 16.6. The van der Waals surface area contributed by atoms with E-state index in [2.05, 4.69) is 12.2 Å². The Hall–Kier alpha value is -2.08. The molecule has 1 saturated heterocycles. The van der Waals surface area contributed by atoms with Gasteiger partial charge in [0, 0.05) is 30.7 Å². The number of nitrogens with one attached hydrogen (secondary N) is 1. The van der Waals surface area contributed by atoms with Gasteiger partial charge in [-0.05, 0) is 64.7 Å². The van der Waals surface area contributed by atoms with Crippen LogP contribution in [0.25, 0.3) is 0 Å². The van der Waals surface area contributed by atoms with Crippen molar-refractivity contribution in [3.05, 3.63) is 35.4 Å². The molecule has 1 aliphatic heterocycles. The standard InChI is InChI=1S/C22H35N3O3/c1-16(24-15-17-9-8-10-18(14-17)20(23)26)13-19-11-6-5-7-12-25(19)21(27)28-22(2,3)4/h8-10,14,16,19,24H,5-7,11-13,15H2,1-4H3,(H2,23,26)/t16-,19-/m1/s1. The van der Waals surface area contributed by atoms with Gasteiger partial charge in [0.05, 0.1) is 0 Å². The molecule has 6 nitrogen and oxygen atoms in total. The molecule has 0 aliphatic carbocycles. The first-order valence-electron chi connectivity index (χ1n) is 10.3. The van der Waals surface area contributed by atoms with Crippen LogP contribution in [0.4, 0.5) is 4.79 Å². The van der Waals surface area contributed by atoms with E-state index in [0.717, 1.165) is 44.2 Å². The summed E-state index contributed by atoms with van der Waals surface area (Å²) in [5.74, 6) is -0.415. The van der Waals surface area contributed by atoms with Crippen molar-refractivity contribution in [3.63, 3.8) is 0 Å². The molecule has 2 amide bonds. The molecule has 6 heteroatoms. The molecule has 156 valence electrons. The summed E-state index contributed by atoms with van der Waals surface area (Å²) in [7, 11) is 0. The van der Waals surface area contributed by atoms with Gasteiger partial charge in [-0.2, -0.15) is 0 Å². The Morgan fingerprint density at radius 1 is 1.29 bits per heavy atom. The zero-order valence-electron chi connectivity index (χ0n) is 17.7. The van der Waals surface area contributed by atoms with Gasteiger partial charge >= 0.3 is 6.09 Å². The number of hydrogen-bond acceptors (Lipinski definition) is 4. The van der Waals surface area contributed by atoms with E-state index < -0.39 is 11.5 Å². The van der Waals surface area contributed by atoms with E-state index in [0.29, 0.717) is 12.1 Å². The molecule has 1 aliphatic rings. The third-order valence-electron chi connectivity index (χ3n) is 5.00. The molecule has 2 atom stereocenters. The lowest BCUT2D eigenvalue weighted by atomic mass is 10.0. The van der Waals surface area contributed by atoms with E-state index >= 15 is 0 Å². The number of carbonyl (C=O) groups is 2. The van der Waals surface area contributed by atoms with E-state index in [1.54, 1.807) is 6.07 Å². The molecule has 0 radical (unpaired) electrons. The zero-order valence-corrected chi connectivity index (χ0v) is 17.7. The van der Waals surface area contributed by atoms with Crippen LogP contribution in [0.15, 0.2) is 24.3 Å². The van der Waals surface area contributed by atoms with Gasteiger partial charge in [-0.15, -0.1) is 0 Å². The van der Waals surface area contributed by atoms with Crippen molar-refractivity contribution in [1.82, 2.24) is 10.2 Å². The van der Waals surface area contributed by atoms with Crippen LogP contribution in [-0.4, -0.2) is 41.1 Å². The van der Waals surface area contributed by atoms with Crippen LogP contribution in [-0.2, 0) is 11.3 Å². The van der Waals surface area contributed by atoms with Crippen molar-refractivity contribution >= 4 is 12.0 Å². The molecule has 1 aromatic rings. The maximum Gasteiger partial charge on any atom is 0.410 e. The quantitative estimate of drug-likeness (QED) is 0.774. The minimum Gasteiger partial charge on any atom is -0.444 e. The number of likely N-dealkylation sites (tertiary alicyclic amines) is 1. The Morgan fingerprint density at radius 2 is 2.04 bits per heavy atom. The van der Waals surface area contributed by atoms with Crippen molar-refractivity contribution in [1.29, 1.82) is 0 Å². The lowest BCUT2D eigenvalue weighted by molar-refractivity contribution is 0.0150. The van der Waals surface area contributed by atoms with Gasteiger partial charge in [0.2, 0.25) is 5.91 Å². The van der Waals surface area contributed by atoms with E-state index in [-0.39, 0.29) is 18.2 Å². The van der Waals surface area contributed by atoms with Crippen molar-refractivity contribution in [2.75, 3.05) is 6.54 Å². The first-order valence-corrected chi connectivity index (χ1v) is 10.3. The van der Waals surface area contributed by atoms with Crippen LogP contribution in [0.3, 0.4) is 0 Å². The number of nitrogens with zero attached hydrogens (tertiary/aromatic N) is 1. The first kappa shape index (κ1) is 22.2. The average Bonchev–Trinajstić information content (AvgIpc) is 2.84. The Labute approximate surface area is 168 Å². The maximum atomic E-state index is 12.7. The van der Waals surface area contributed by atoms with Crippen LogP contribution in [0.1, 0.15) is 75.7 Å². The number of nitrogens with two attached hydrogens (primary N) is 1. The molecule has 0 bridgehead atoms. The summed E-state index contributed by atoms with van der Waals surface area (Å²) < 4.78 is 5.63. The van der Waals surface area contributed by atoms with Crippen LogP contribution < -0.4 is 11.1 Å². The lowest BCUT2D eigenvalue weighted by Gasteiger charge is -2.33. The number of benzene rings is 1. The highest BCUT2D eigenvalue weighted by Crippen LogP contribution is 2.23. The monoisotopic (exact) mass is 389 g/mol. The number of amides is 2. The van der Waals surface area contributed by atoms with Crippen LogP contribution >= 0.6 is 0 Å². The van der Waals surface area contributed by atoms with Crippen molar-refractivity contribution in [2.24, 2.45) is 5.73 Å². The summed E-state index contributed by atoms with van der Waals surface area (Å²) in [6, 6.07) is 7.77. The molecule has 1 aromatic carbocycles. The molecule has 2 rings (SSSR count). The fraction of sp³-hybridized carbons (Fsp3) is 0.636. The Bertz CT molecular complexity index is 669. The molecule has 3 N–H and O–H groups in total. The number of primary amides is 1. The molecule has 0 saturated carbocycles. The summed E-state index contributed by atoms with van der Waals surface area (Å²) >= 11 is 0. The van der Waals surface area contributed by atoms with Gasteiger partial charge in [0.25, 0.3) is 0 Å². The fourth-order valence-electron chi connectivity index (χ4n) is 3.60. The second-order valence-corrected chi connectivity index (χ2v) is 8.76. The smallest absolute Gasteiger partial charge is 0.410 e. The van der Waals surface area contributed by atoms with Gasteiger partial charge in [-0.1, -0.05) is 25.0 Å². The first-order chi connectivity index (χ1) is 13.2. The molecular weight excluding hydrogens is 354 g/mol. The van der Waals surface area contributed by atoms with Crippen LogP contribution in [0.2, 0.25) is 0 Å². The van der Waals surface area contributed by atoms with Gasteiger partial charge in [-0.25, -0.2) is 4.79 Å². The number of ether oxygens (including phenoxy) is 1.